The molecule has 0 aliphatic heterocycles. The Balaban J connectivity index is 1.50. The van der Waals surface area contributed by atoms with Crippen LogP contribution in [0.4, 0.5) is 0 Å². The number of amides is 1. The molecule has 2 aliphatic rings. The van der Waals surface area contributed by atoms with Gasteiger partial charge in [-0.15, -0.1) is 0 Å². The van der Waals surface area contributed by atoms with E-state index in [0.29, 0.717) is 10.8 Å². The van der Waals surface area contributed by atoms with E-state index in [9.17, 15) is 9.59 Å². The van der Waals surface area contributed by atoms with Gasteiger partial charge in [-0.3, -0.25) is 9.59 Å². The largest absolute Gasteiger partial charge is 0.473 e. The van der Waals surface area contributed by atoms with Gasteiger partial charge in [-0.25, -0.2) is 0 Å². The lowest BCUT2D eigenvalue weighted by Crippen LogP contribution is -2.42. The molecular weight excluding hydrogens is 464 g/mol. The molecule has 1 heterocycles. The van der Waals surface area contributed by atoms with Gasteiger partial charge < -0.3 is 19.3 Å². The number of ether oxygens (including phenoxy) is 2. The zero-order valence-electron chi connectivity index (χ0n) is 21.0. The number of aromatic nitrogens is 1. The second-order valence-electron chi connectivity index (χ2n) is 10.6. The smallest absolute Gasteiger partial charge is 0.314 e. The van der Waals surface area contributed by atoms with Crippen LogP contribution in [0.25, 0.3) is 0 Å². The van der Waals surface area contributed by atoms with Gasteiger partial charge in [0, 0.05) is 10.9 Å². The maximum absolute atomic E-state index is 13.3. The predicted molar refractivity (Wildman–Crippen MR) is 133 cm³/mol. The van der Waals surface area contributed by atoms with Crippen LogP contribution >= 0.6 is 11.8 Å². The first-order valence-corrected chi connectivity index (χ1v) is 13.3. The first-order valence-electron chi connectivity index (χ1n) is 12.5. The zero-order chi connectivity index (χ0) is 25.0. The molecule has 0 spiro atoms. The van der Waals surface area contributed by atoms with Gasteiger partial charge in [0.05, 0.1) is 12.5 Å². The maximum Gasteiger partial charge on any atom is 0.314 e. The van der Waals surface area contributed by atoms with Crippen molar-refractivity contribution in [2.24, 2.45) is 23.2 Å². The van der Waals surface area contributed by atoms with Crippen LogP contribution in [-0.2, 0) is 9.53 Å². The van der Waals surface area contributed by atoms with Gasteiger partial charge in [0.1, 0.15) is 11.5 Å². The lowest BCUT2D eigenvalue weighted by atomic mass is 9.66. The number of hydrogen-bond acceptors (Lipinski definition) is 7. The van der Waals surface area contributed by atoms with Gasteiger partial charge in [0.2, 0.25) is 5.76 Å². The van der Waals surface area contributed by atoms with Crippen molar-refractivity contribution in [2.75, 3.05) is 13.7 Å². The van der Waals surface area contributed by atoms with Crippen LogP contribution in [0.3, 0.4) is 0 Å². The molecule has 190 valence electrons. The Morgan fingerprint density at radius 2 is 1.86 bits per heavy atom. The zero-order valence-corrected chi connectivity index (χ0v) is 21.9. The molecule has 2 aliphatic carbocycles. The summed E-state index contributed by atoms with van der Waals surface area (Å²) in [5.74, 6) is 1.71. The van der Waals surface area contributed by atoms with Crippen LogP contribution < -0.4 is 10.1 Å². The first-order chi connectivity index (χ1) is 16.8. The molecule has 7 nitrogen and oxygen atoms in total. The van der Waals surface area contributed by atoms with Crippen molar-refractivity contribution in [1.82, 2.24) is 10.5 Å². The number of fused-ring (bicyclic) bond motifs is 2. The van der Waals surface area contributed by atoms with Crippen molar-refractivity contribution in [3.63, 3.8) is 0 Å². The average Bonchev–Trinajstić information content (AvgIpc) is 3.25. The summed E-state index contributed by atoms with van der Waals surface area (Å²) in [5.41, 5.74) is -0.877. The Hall–Kier alpha value is -2.48. The van der Waals surface area contributed by atoms with E-state index in [4.69, 9.17) is 14.0 Å². The predicted octanol–water partition coefficient (Wildman–Crippen LogP) is 5.74. The number of hydrogen-bond donors (Lipinski definition) is 1. The highest BCUT2D eigenvalue weighted by Crippen LogP contribution is 2.44. The van der Waals surface area contributed by atoms with Crippen LogP contribution in [0.2, 0.25) is 0 Å². The first kappa shape index (κ1) is 25.6. The molecule has 2 saturated carbocycles. The minimum atomic E-state index is -0.877. The SMILES string of the molecule is COC(=O)C(C)(C)COc1noc(C(=O)NC(C)C2CC3CCCC(C3)C2)c1Sc1ccccc1. The van der Waals surface area contributed by atoms with E-state index in [1.165, 1.54) is 57.4 Å². The van der Waals surface area contributed by atoms with E-state index >= 15 is 0 Å². The summed E-state index contributed by atoms with van der Waals surface area (Å²) < 4.78 is 16.3. The number of nitrogens with one attached hydrogen (secondary N) is 1. The number of rotatable bonds is 9. The van der Waals surface area contributed by atoms with Crippen molar-refractivity contribution < 1.29 is 23.6 Å². The van der Waals surface area contributed by atoms with Crippen LogP contribution in [-0.4, -0.2) is 36.8 Å². The van der Waals surface area contributed by atoms with E-state index in [1.54, 1.807) is 13.8 Å². The van der Waals surface area contributed by atoms with Crippen molar-refractivity contribution in [3.8, 4) is 5.88 Å². The highest BCUT2D eigenvalue weighted by molar-refractivity contribution is 7.99. The van der Waals surface area contributed by atoms with Crippen LogP contribution in [0, 0.1) is 23.2 Å². The van der Waals surface area contributed by atoms with Gasteiger partial charge in [-0.2, -0.15) is 0 Å². The number of methoxy groups -OCH3 is 1. The maximum atomic E-state index is 13.3. The number of esters is 1. The molecule has 2 fully saturated rings. The minimum absolute atomic E-state index is 0.0386. The Morgan fingerprint density at radius 1 is 1.17 bits per heavy atom. The second kappa shape index (κ2) is 11.1. The molecular formula is C27H36N2O5S. The van der Waals surface area contributed by atoms with Gasteiger partial charge in [0.15, 0.2) is 0 Å². The van der Waals surface area contributed by atoms with Crippen molar-refractivity contribution in [1.29, 1.82) is 0 Å². The molecule has 0 radical (unpaired) electrons. The van der Waals surface area contributed by atoms with E-state index in [2.05, 4.69) is 17.4 Å². The number of carbonyl (C=O) groups is 2. The summed E-state index contributed by atoms with van der Waals surface area (Å²) in [5, 5.41) is 7.24. The molecule has 8 heteroatoms. The molecule has 3 unspecified atom stereocenters. The fraction of sp³-hybridized carbons (Fsp3) is 0.593. The van der Waals surface area contributed by atoms with Gasteiger partial charge in [0.25, 0.3) is 11.8 Å². The third kappa shape index (κ3) is 6.21. The van der Waals surface area contributed by atoms with Crippen molar-refractivity contribution in [2.45, 2.75) is 75.1 Å². The molecule has 0 saturated heterocycles. The summed E-state index contributed by atoms with van der Waals surface area (Å²) in [6.45, 7) is 5.60. The van der Waals surface area contributed by atoms with Crippen LogP contribution in [0.1, 0.15) is 69.9 Å². The van der Waals surface area contributed by atoms with Crippen LogP contribution in [0.15, 0.2) is 44.6 Å². The van der Waals surface area contributed by atoms with Crippen LogP contribution in [0.5, 0.6) is 5.88 Å². The lowest BCUT2D eigenvalue weighted by molar-refractivity contribution is -0.152. The summed E-state index contributed by atoms with van der Waals surface area (Å²) in [4.78, 5) is 26.8. The molecule has 1 aromatic carbocycles. The second-order valence-corrected chi connectivity index (χ2v) is 11.7. The number of carbonyl (C=O) groups excluding carboxylic acids is 2. The molecule has 1 aromatic heterocycles. The Kier molecular flexibility index (Phi) is 8.09. The fourth-order valence-electron chi connectivity index (χ4n) is 5.37. The molecule has 4 rings (SSSR count). The Labute approximate surface area is 211 Å². The summed E-state index contributed by atoms with van der Waals surface area (Å²) in [6.07, 6.45) is 7.68. The van der Waals surface area contributed by atoms with Gasteiger partial charge >= 0.3 is 5.97 Å². The molecule has 2 aromatic rings. The Morgan fingerprint density at radius 3 is 2.51 bits per heavy atom. The number of benzene rings is 1. The summed E-state index contributed by atoms with van der Waals surface area (Å²) in [6, 6.07) is 9.74. The summed E-state index contributed by atoms with van der Waals surface area (Å²) >= 11 is 1.36. The topological polar surface area (TPSA) is 90.7 Å². The molecule has 1 amide bonds. The molecule has 35 heavy (non-hydrogen) atoms. The summed E-state index contributed by atoms with van der Waals surface area (Å²) in [7, 11) is 1.35. The normalized spacial score (nSPS) is 22.8. The average molecular weight is 501 g/mol. The highest BCUT2D eigenvalue weighted by Gasteiger charge is 2.36. The molecule has 1 N–H and O–H groups in total. The Bertz CT molecular complexity index is 1010. The molecule has 3 atom stereocenters. The fourth-order valence-corrected chi connectivity index (χ4v) is 6.30. The third-order valence-corrected chi connectivity index (χ3v) is 8.40. The van der Waals surface area contributed by atoms with Gasteiger partial charge in [-0.1, -0.05) is 49.2 Å². The standard InChI is InChI=1S/C27H36N2O5S/c1-17(20-14-18-9-8-10-19(13-18)15-20)28-24(30)22-23(35-21-11-6-5-7-12-21)25(29-34-22)33-16-27(2,3)26(31)32-4/h5-7,11-12,17-20H,8-10,13-16H2,1-4H3,(H,28,30). The minimum Gasteiger partial charge on any atom is -0.473 e. The van der Waals surface area contributed by atoms with Gasteiger partial charge in [-0.05, 0) is 75.1 Å². The monoisotopic (exact) mass is 500 g/mol. The third-order valence-electron chi connectivity index (χ3n) is 7.33. The van der Waals surface area contributed by atoms with E-state index in [1.807, 2.05) is 30.3 Å². The van der Waals surface area contributed by atoms with E-state index < -0.39 is 5.41 Å². The van der Waals surface area contributed by atoms with Crippen molar-refractivity contribution in [3.05, 3.63) is 36.1 Å². The van der Waals surface area contributed by atoms with Crippen molar-refractivity contribution >= 4 is 23.6 Å². The molecule has 2 bridgehead atoms. The highest BCUT2D eigenvalue weighted by atomic mass is 32.2. The lowest BCUT2D eigenvalue weighted by Gasteiger charge is -2.41. The van der Waals surface area contributed by atoms with E-state index in [-0.39, 0.29) is 36.2 Å². The number of nitrogens with zero attached hydrogens (tertiary/aromatic N) is 1. The van der Waals surface area contributed by atoms with E-state index in [0.717, 1.165) is 16.7 Å². The quantitative estimate of drug-likeness (QED) is 0.439.